The smallest absolute Gasteiger partial charge is 0.175 e. The molecule has 0 fully saturated rings. The van der Waals surface area contributed by atoms with Crippen molar-refractivity contribution in [2.24, 2.45) is 5.84 Å². The first-order chi connectivity index (χ1) is 8.91. The number of ether oxygens (including phenoxy) is 1. The summed E-state index contributed by atoms with van der Waals surface area (Å²) < 4.78 is 19.2. The SMILES string of the molecule is CCN(N)C(C)(CC(C)F)Oc1ccc(CO)cc1. The molecule has 0 radical (unpaired) electrons. The number of halogens is 1. The lowest BCUT2D eigenvalue weighted by Crippen LogP contribution is -2.55. The highest BCUT2D eigenvalue weighted by molar-refractivity contribution is 5.27. The number of rotatable bonds is 7. The van der Waals surface area contributed by atoms with E-state index in [1.54, 1.807) is 31.2 Å². The van der Waals surface area contributed by atoms with E-state index in [-0.39, 0.29) is 13.0 Å². The van der Waals surface area contributed by atoms with Crippen LogP contribution < -0.4 is 10.6 Å². The summed E-state index contributed by atoms with van der Waals surface area (Å²) in [7, 11) is 0. The van der Waals surface area contributed by atoms with Gasteiger partial charge in [-0.1, -0.05) is 19.1 Å². The molecule has 2 unspecified atom stereocenters. The average Bonchev–Trinajstić information content (AvgIpc) is 2.37. The van der Waals surface area contributed by atoms with Gasteiger partial charge in [-0.2, -0.15) is 0 Å². The lowest BCUT2D eigenvalue weighted by molar-refractivity contribution is -0.0875. The Morgan fingerprint density at radius 1 is 1.42 bits per heavy atom. The summed E-state index contributed by atoms with van der Waals surface area (Å²) in [5.74, 6) is 6.51. The second kappa shape index (κ2) is 6.84. The summed E-state index contributed by atoms with van der Waals surface area (Å²) in [5, 5.41) is 10.5. The summed E-state index contributed by atoms with van der Waals surface area (Å²) in [6.45, 7) is 5.68. The number of nitrogens with zero attached hydrogens (tertiary/aromatic N) is 1. The number of benzene rings is 1. The van der Waals surface area contributed by atoms with Crippen molar-refractivity contribution in [3.63, 3.8) is 0 Å². The Morgan fingerprint density at radius 2 is 2.00 bits per heavy atom. The third-order valence-electron chi connectivity index (χ3n) is 3.05. The molecule has 0 aliphatic heterocycles. The van der Waals surface area contributed by atoms with Crippen molar-refractivity contribution < 1.29 is 14.2 Å². The van der Waals surface area contributed by atoms with Gasteiger partial charge >= 0.3 is 0 Å². The van der Waals surface area contributed by atoms with Crippen molar-refractivity contribution in [1.29, 1.82) is 0 Å². The van der Waals surface area contributed by atoms with Gasteiger partial charge in [0.25, 0.3) is 0 Å². The number of aliphatic hydroxyl groups is 1. The standard InChI is InChI=1S/C14H23FN2O2/c1-4-17(16)14(3,9-11(2)15)19-13-7-5-12(10-18)6-8-13/h5-8,11,18H,4,9-10,16H2,1-3H3. The van der Waals surface area contributed by atoms with E-state index in [9.17, 15) is 4.39 Å². The van der Waals surface area contributed by atoms with Crippen LogP contribution in [0.1, 0.15) is 32.8 Å². The first kappa shape index (κ1) is 15.9. The van der Waals surface area contributed by atoms with Crippen LogP contribution in [0.2, 0.25) is 0 Å². The molecule has 3 N–H and O–H groups in total. The Hall–Kier alpha value is -1.17. The molecule has 2 atom stereocenters. The molecule has 0 amide bonds. The van der Waals surface area contributed by atoms with E-state index in [1.807, 2.05) is 6.92 Å². The quantitative estimate of drug-likeness (QED) is 0.453. The number of aliphatic hydroxyl groups excluding tert-OH is 1. The topological polar surface area (TPSA) is 58.7 Å². The zero-order chi connectivity index (χ0) is 14.5. The summed E-state index contributed by atoms with van der Waals surface area (Å²) >= 11 is 0. The van der Waals surface area contributed by atoms with Gasteiger partial charge in [0.2, 0.25) is 0 Å². The van der Waals surface area contributed by atoms with Crippen molar-refractivity contribution in [2.45, 2.75) is 45.7 Å². The Kier molecular flexibility index (Phi) is 5.72. The molecule has 0 aliphatic carbocycles. The van der Waals surface area contributed by atoms with Gasteiger partial charge in [-0.25, -0.2) is 9.40 Å². The molecule has 1 rings (SSSR count). The minimum absolute atomic E-state index is 0.0168. The first-order valence-electron chi connectivity index (χ1n) is 6.46. The largest absolute Gasteiger partial charge is 0.472 e. The zero-order valence-electron chi connectivity index (χ0n) is 11.8. The average molecular weight is 270 g/mol. The molecule has 0 aromatic heterocycles. The van der Waals surface area contributed by atoms with Crippen LogP contribution in [0.4, 0.5) is 4.39 Å². The molecule has 1 aromatic carbocycles. The fourth-order valence-electron chi connectivity index (χ4n) is 1.99. The summed E-state index contributed by atoms with van der Waals surface area (Å²) in [5.41, 5.74) is -0.100. The highest BCUT2D eigenvalue weighted by Gasteiger charge is 2.33. The molecular formula is C14H23FN2O2. The Morgan fingerprint density at radius 3 is 2.42 bits per heavy atom. The normalized spacial score (nSPS) is 16.2. The summed E-state index contributed by atoms with van der Waals surface area (Å²) in [6, 6.07) is 7.02. The van der Waals surface area contributed by atoms with Crippen molar-refractivity contribution in [1.82, 2.24) is 5.01 Å². The third-order valence-corrected chi connectivity index (χ3v) is 3.05. The van der Waals surface area contributed by atoms with Crippen LogP contribution >= 0.6 is 0 Å². The Balaban J connectivity index is 2.86. The maximum absolute atomic E-state index is 13.3. The maximum Gasteiger partial charge on any atom is 0.175 e. The van der Waals surface area contributed by atoms with E-state index in [4.69, 9.17) is 15.7 Å². The molecule has 19 heavy (non-hydrogen) atoms. The third kappa shape index (κ3) is 4.45. The zero-order valence-corrected chi connectivity index (χ0v) is 11.8. The minimum atomic E-state index is -1.01. The second-order valence-electron chi connectivity index (χ2n) is 4.85. The molecule has 1 aromatic rings. The molecular weight excluding hydrogens is 247 g/mol. The van der Waals surface area contributed by atoms with Gasteiger partial charge in [-0.3, -0.25) is 5.84 Å². The molecule has 108 valence electrons. The molecule has 0 aliphatic rings. The Bertz CT molecular complexity index is 384. The fourth-order valence-corrected chi connectivity index (χ4v) is 1.99. The molecule has 0 saturated heterocycles. The predicted molar refractivity (Wildman–Crippen MR) is 73.2 cm³/mol. The fraction of sp³-hybridized carbons (Fsp3) is 0.571. The maximum atomic E-state index is 13.3. The van der Waals surface area contributed by atoms with E-state index in [0.29, 0.717) is 12.3 Å². The monoisotopic (exact) mass is 270 g/mol. The number of alkyl halides is 1. The van der Waals surface area contributed by atoms with Gasteiger partial charge in [0.1, 0.15) is 11.9 Å². The minimum Gasteiger partial charge on any atom is -0.472 e. The van der Waals surface area contributed by atoms with Crippen LogP contribution in [0.25, 0.3) is 0 Å². The van der Waals surface area contributed by atoms with E-state index in [2.05, 4.69) is 0 Å². The van der Waals surface area contributed by atoms with Crippen molar-refractivity contribution in [3.8, 4) is 5.75 Å². The van der Waals surface area contributed by atoms with E-state index in [1.165, 1.54) is 11.9 Å². The van der Waals surface area contributed by atoms with Crippen LogP contribution in [-0.2, 0) is 6.61 Å². The van der Waals surface area contributed by atoms with Crippen LogP contribution in [0.15, 0.2) is 24.3 Å². The number of hydrazine groups is 1. The summed E-state index contributed by atoms with van der Waals surface area (Å²) in [4.78, 5) is 0. The van der Waals surface area contributed by atoms with Crippen LogP contribution in [-0.4, -0.2) is 28.6 Å². The van der Waals surface area contributed by atoms with Gasteiger partial charge in [-0.15, -0.1) is 0 Å². The second-order valence-corrected chi connectivity index (χ2v) is 4.85. The molecule has 0 saturated carbocycles. The van der Waals surface area contributed by atoms with E-state index < -0.39 is 11.9 Å². The highest BCUT2D eigenvalue weighted by atomic mass is 19.1. The summed E-state index contributed by atoms with van der Waals surface area (Å²) in [6.07, 6.45) is -0.835. The number of hydrogen-bond donors (Lipinski definition) is 2. The Labute approximate surface area is 113 Å². The number of nitrogens with two attached hydrogens (primary N) is 1. The van der Waals surface area contributed by atoms with Gasteiger partial charge < -0.3 is 9.84 Å². The highest BCUT2D eigenvalue weighted by Crippen LogP contribution is 2.25. The van der Waals surface area contributed by atoms with Gasteiger partial charge in [0, 0.05) is 13.0 Å². The number of hydrogen-bond acceptors (Lipinski definition) is 4. The van der Waals surface area contributed by atoms with Crippen molar-refractivity contribution in [3.05, 3.63) is 29.8 Å². The molecule has 4 nitrogen and oxygen atoms in total. The van der Waals surface area contributed by atoms with E-state index >= 15 is 0 Å². The first-order valence-corrected chi connectivity index (χ1v) is 6.46. The van der Waals surface area contributed by atoms with Crippen LogP contribution in [0, 0.1) is 0 Å². The van der Waals surface area contributed by atoms with Crippen molar-refractivity contribution in [2.75, 3.05) is 6.54 Å². The lowest BCUT2D eigenvalue weighted by atomic mass is 10.1. The predicted octanol–water partition coefficient (Wildman–Crippen LogP) is 2.22. The lowest BCUT2D eigenvalue weighted by Gasteiger charge is -2.38. The van der Waals surface area contributed by atoms with Gasteiger partial charge in [0.05, 0.1) is 6.61 Å². The van der Waals surface area contributed by atoms with Crippen LogP contribution in [0.3, 0.4) is 0 Å². The van der Waals surface area contributed by atoms with Crippen molar-refractivity contribution >= 4 is 0 Å². The molecule has 0 heterocycles. The molecule has 0 spiro atoms. The molecule has 0 bridgehead atoms. The van der Waals surface area contributed by atoms with Crippen LogP contribution in [0.5, 0.6) is 5.75 Å². The van der Waals surface area contributed by atoms with Gasteiger partial charge in [0.15, 0.2) is 5.72 Å². The molecule has 5 heteroatoms. The van der Waals surface area contributed by atoms with Gasteiger partial charge in [-0.05, 0) is 31.5 Å². The van der Waals surface area contributed by atoms with E-state index in [0.717, 1.165) is 5.56 Å².